The molecular weight excluding hydrogens is 214 g/mol. The highest BCUT2D eigenvalue weighted by molar-refractivity contribution is 7.09. The summed E-state index contributed by atoms with van der Waals surface area (Å²) in [5.41, 5.74) is 6.61. The van der Waals surface area contributed by atoms with Crippen LogP contribution in [-0.4, -0.2) is 6.04 Å². The highest BCUT2D eigenvalue weighted by atomic mass is 32.1. The molecule has 1 rings (SSSR count). The fraction of sp³-hybridized carbons (Fsp3) is 0.714. The quantitative estimate of drug-likeness (QED) is 0.823. The fourth-order valence-electron chi connectivity index (χ4n) is 2.42. The average molecular weight is 239 g/mol. The zero-order chi connectivity index (χ0) is 12.2. The number of hydrogen-bond donors (Lipinski definition) is 1. The Balaban J connectivity index is 2.31. The molecule has 1 aromatic rings. The van der Waals surface area contributed by atoms with Crippen molar-refractivity contribution in [1.29, 1.82) is 0 Å². The summed E-state index contributed by atoms with van der Waals surface area (Å²) in [7, 11) is 0. The SMILES string of the molecule is CC(CC(N)Cc1cccs1)CC(C)(C)C. The van der Waals surface area contributed by atoms with Crippen molar-refractivity contribution >= 4 is 11.3 Å². The second-order valence-corrected chi connectivity index (χ2v) is 7.18. The monoisotopic (exact) mass is 239 g/mol. The average Bonchev–Trinajstić information content (AvgIpc) is 2.51. The number of rotatable bonds is 5. The van der Waals surface area contributed by atoms with Gasteiger partial charge >= 0.3 is 0 Å². The summed E-state index contributed by atoms with van der Waals surface area (Å²) >= 11 is 1.81. The summed E-state index contributed by atoms with van der Waals surface area (Å²) in [5, 5.41) is 2.13. The molecule has 2 heteroatoms. The van der Waals surface area contributed by atoms with Crippen LogP contribution in [0.1, 0.15) is 45.4 Å². The molecule has 0 saturated heterocycles. The molecule has 1 heterocycles. The summed E-state index contributed by atoms with van der Waals surface area (Å²) in [4.78, 5) is 1.41. The molecule has 16 heavy (non-hydrogen) atoms. The first-order valence-corrected chi connectivity index (χ1v) is 7.03. The van der Waals surface area contributed by atoms with Crippen molar-refractivity contribution in [2.24, 2.45) is 17.1 Å². The Morgan fingerprint density at radius 3 is 2.56 bits per heavy atom. The van der Waals surface area contributed by atoms with Crippen molar-refractivity contribution < 1.29 is 0 Å². The molecule has 0 aromatic carbocycles. The summed E-state index contributed by atoms with van der Waals surface area (Å²) in [6, 6.07) is 4.60. The summed E-state index contributed by atoms with van der Waals surface area (Å²) in [6.45, 7) is 9.22. The first-order chi connectivity index (χ1) is 7.37. The van der Waals surface area contributed by atoms with Crippen molar-refractivity contribution in [2.75, 3.05) is 0 Å². The van der Waals surface area contributed by atoms with Crippen LogP contribution < -0.4 is 5.73 Å². The van der Waals surface area contributed by atoms with Gasteiger partial charge in [0.1, 0.15) is 0 Å². The van der Waals surface area contributed by atoms with Gasteiger partial charge in [-0.15, -0.1) is 11.3 Å². The fourth-order valence-corrected chi connectivity index (χ4v) is 3.22. The van der Waals surface area contributed by atoms with Gasteiger partial charge in [-0.3, -0.25) is 0 Å². The molecule has 0 saturated carbocycles. The summed E-state index contributed by atoms with van der Waals surface area (Å²) in [5.74, 6) is 0.718. The highest BCUT2D eigenvalue weighted by Gasteiger charge is 2.17. The van der Waals surface area contributed by atoms with E-state index in [0.717, 1.165) is 18.8 Å². The molecule has 1 aromatic heterocycles. The third-order valence-corrected chi connectivity index (χ3v) is 3.61. The van der Waals surface area contributed by atoms with Gasteiger partial charge in [0.2, 0.25) is 0 Å². The Morgan fingerprint density at radius 2 is 2.06 bits per heavy atom. The van der Waals surface area contributed by atoms with Crippen LogP contribution in [0.15, 0.2) is 17.5 Å². The largest absolute Gasteiger partial charge is 0.327 e. The standard InChI is InChI=1S/C14H25NS/c1-11(10-14(2,3)4)8-12(15)9-13-6-5-7-16-13/h5-7,11-12H,8-10,15H2,1-4H3. The summed E-state index contributed by atoms with van der Waals surface area (Å²) in [6.07, 6.45) is 3.42. The molecule has 2 atom stereocenters. The molecular formula is C14H25NS. The maximum Gasteiger partial charge on any atom is 0.00897 e. The lowest BCUT2D eigenvalue weighted by molar-refractivity contribution is 0.285. The van der Waals surface area contributed by atoms with Crippen LogP contribution in [0.4, 0.5) is 0 Å². The zero-order valence-corrected chi connectivity index (χ0v) is 11.8. The molecule has 0 spiro atoms. The molecule has 0 aliphatic carbocycles. The highest BCUT2D eigenvalue weighted by Crippen LogP contribution is 2.27. The van der Waals surface area contributed by atoms with Crippen LogP contribution in [0.25, 0.3) is 0 Å². The minimum absolute atomic E-state index is 0.316. The van der Waals surface area contributed by atoms with Gasteiger partial charge in [-0.1, -0.05) is 33.8 Å². The van der Waals surface area contributed by atoms with Gasteiger partial charge in [0.25, 0.3) is 0 Å². The van der Waals surface area contributed by atoms with Crippen LogP contribution in [0.5, 0.6) is 0 Å². The topological polar surface area (TPSA) is 26.0 Å². The normalized spacial score (nSPS) is 16.1. The van der Waals surface area contributed by atoms with Crippen LogP contribution >= 0.6 is 11.3 Å². The Morgan fingerprint density at radius 1 is 1.38 bits per heavy atom. The van der Waals surface area contributed by atoms with Gasteiger partial charge in [-0.05, 0) is 42.0 Å². The molecule has 0 amide bonds. The van der Waals surface area contributed by atoms with Crippen LogP contribution in [0.2, 0.25) is 0 Å². The van der Waals surface area contributed by atoms with Gasteiger partial charge < -0.3 is 5.73 Å². The Kier molecular flexibility index (Phi) is 5.00. The van der Waals surface area contributed by atoms with E-state index in [9.17, 15) is 0 Å². The zero-order valence-electron chi connectivity index (χ0n) is 11.0. The van der Waals surface area contributed by atoms with Gasteiger partial charge in [0, 0.05) is 10.9 Å². The van der Waals surface area contributed by atoms with Crippen molar-refractivity contribution in [3.05, 3.63) is 22.4 Å². The van der Waals surface area contributed by atoms with E-state index >= 15 is 0 Å². The predicted octanol–water partition coefficient (Wildman–Crippen LogP) is 4.08. The van der Waals surface area contributed by atoms with E-state index in [4.69, 9.17) is 5.73 Å². The Bertz CT molecular complexity index is 284. The maximum absolute atomic E-state index is 6.19. The Labute approximate surface area is 104 Å². The molecule has 2 unspecified atom stereocenters. The maximum atomic E-state index is 6.19. The van der Waals surface area contributed by atoms with E-state index in [1.54, 1.807) is 0 Å². The van der Waals surface area contributed by atoms with E-state index in [2.05, 4.69) is 45.2 Å². The van der Waals surface area contributed by atoms with Crippen LogP contribution in [-0.2, 0) is 6.42 Å². The minimum Gasteiger partial charge on any atom is -0.327 e. The van der Waals surface area contributed by atoms with Crippen molar-refractivity contribution in [3.63, 3.8) is 0 Å². The molecule has 0 fully saturated rings. The molecule has 0 bridgehead atoms. The van der Waals surface area contributed by atoms with Gasteiger partial charge in [0.15, 0.2) is 0 Å². The molecule has 0 radical (unpaired) electrons. The lowest BCUT2D eigenvalue weighted by Gasteiger charge is -2.25. The first kappa shape index (κ1) is 13.7. The van der Waals surface area contributed by atoms with Gasteiger partial charge in [0.05, 0.1) is 0 Å². The smallest absolute Gasteiger partial charge is 0.00897 e. The Hall–Kier alpha value is -0.340. The van der Waals surface area contributed by atoms with Crippen molar-refractivity contribution in [2.45, 2.75) is 53.0 Å². The van der Waals surface area contributed by atoms with Gasteiger partial charge in [-0.25, -0.2) is 0 Å². The lowest BCUT2D eigenvalue weighted by Crippen LogP contribution is -2.26. The third kappa shape index (κ3) is 5.66. The number of hydrogen-bond acceptors (Lipinski definition) is 2. The van der Waals surface area contributed by atoms with Crippen molar-refractivity contribution in [3.8, 4) is 0 Å². The molecule has 0 aliphatic rings. The van der Waals surface area contributed by atoms with Crippen molar-refractivity contribution in [1.82, 2.24) is 0 Å². The van der Waals surface area contributed by atoms with E-state index in [-0.39, 0.29) is 0 Å². The number of thiophene rings is 1. The minimum atomic E-state index is 0.316. The summed E-state index contributed by atoms with van der Waals surface area (Å²) < 4.78 is 0. The third-order valence-electron chi connectivity index (χ3n) is 2.71. The van der Waals surface area contributed by atoms with E-state index in [0.29, 0.717) is 11.5 Å². The second kappa shape index (κ2) is 5.83. The van der Waals surface area contributed by atoms with E-state index in [1.165, 1.54) is 11.3 Å². The van der Waals surface area contributed by atoms with E-state index < -0.39 is 0 Å². The second-order valence-electron chi connectivity index (χ2n) is 6.15. The predicted molar refractivity (Wildman–Crippen MR) is 73.9 cm³/mol. The van der Waals surface area contributed by atoms with Crippen LogP contribution in [0.3, 0.4) is 0 Å². The molecule has 1 nitrogen and oxygen atoms in total. The van der Waals surface area contributed by atoms with Crippen LogP contribution in [0, 0.1) is 11.3 Å². The van der Waals surface area contributed by atoms with Gasteiger partial charge in [-0.2, -0.15) is 0 Å². The first-order valence-electron chi connectivity index (χ1n) is 6.15. The van der Waals surface area contributed by atoms with E-state index in [1.807, 2.05) is 11.3 Å². The molecule has 0 aliphatic heterocycles. The molecule has 2 N–H and O–H groups in total. The number of nitrogens with two attached hydrogens (primary N) is 1. The molecule has 92 valence electrons. The lowest BCUT2D eigenvalue weighted by atomic mass is 9.82.